The quantitative estimate of drug-likeness (QED) is 0.799. The van der Waals surface area contributed by atoms with Gasteiger partial charge in [0.05, 0.1) is 12.0 Å². The molecule has 0 bridgehead atoms. The number of halogens is 1. The van der Waals surface area contributed by atoms with Crippen molar-refractivity contribution in [3.05, 3.63) is 71.0 Å². The molecule has 0 saturated carbocycles. The first kappa shape index (κ1) is 15.7. The Kier molecular flexibility index (Phi) is 4.24. The van der Waals surface area contributed by atoms with Gasteiger partial charge in [0.15, 0.2) is 5.76 Å². The van der Waals surface area contributed by atoms with Gasteiger partial charge in [0.2, 0.25) is 5.91 Å². The molecule has 3 rings (SSSR count). The monoisotopic (exact) mass is 327 g/mol. The van der Waals surface area contributed by atoms with Crippen molar-refractivity contribution < 1.29 is 13.6 Å². The SMILES string of the molecule is CC(C(=O)Nc1ccccc1F)n1nc(-c2ccco2)ccc1=O. The van der Waals surface area contributed by atoms with E-state index in [4.69, 9.17) is 4.42 Å². The third kappa shape index (κ3) is 3.10. The van der Waals surface area contributed by atoms with E-state index < -0.39 is 23.3 Å². The number of carbonyl (C=O) groups is 1. The molecule has 0 aliphatic heterocycles. The van der Waals surface area contributed by atoms with E-state index in [9.17, 15) is 14.0 Å². The molecule has 7 heteroatoms. The fourth-order valence-electron chi connectivity index (χ4n) is 2.17. The van der Waals surface area contributed by atoms with E-state index in [0.717, 1.165) is 4.68 Å². The molecule has 1 atom stereocenters. The average molecular weight is 327 g/mol. The fourth-order valence-corrected chi connectivity index (χ4v) is 2.17. The Morgan fingerprint density at radius 2 is 2.00 bits per heavy atom. The van der Waals surface area contributed by atoms with Crippen LogP contribution < -0.4 is 10.9 Å². The topological polar surface area (TPSA) is 77.1 Å². The lowest BCUT2D eigenvalue weighted by Crippen LogP contribution is -2.33. The molecule has 1 aromatic carbocycles. The van der Waals surface area contributed by atoms with Crippen molar-refractivity contribution in [2.24, 2.45) is 0 Å². The minimum atomic E-state index is -0.924. The number of hydrogen-bond acceptors (Lipinski definition) is 4. The molecule has 0 aliphatic carbocycles. The second-order valence-electron chi connectivity index (χ2n) is 5.12. The number of nitrogens with one attached hydrogen (secondary N) is 1. The summed E-state index contributed by atoms with van der Waals surface area (Å²) in [6.07, 6.45) is 1.49. The van der Waals surface area contributed by atoms with Gasteiger partial charge in [-0.05, 0) is 37.3 Å². The van der Waals surface area contributed by atoms with Crippen molar-refractivity contribution in [2.75, 3.05) is 5.32 Å². The highest BCUT2D eigenvalue weighted by atomic mass is 19.1. The first-order chi connectivity index (χ1) is 11.6. The third-order valence-corrected chi connectivity index (χ3v) is 3.48. The summed E-state index contributed by atoms with van der Waals surface area (Å²) >= 11 is 0. The van der Waals surface area contributed by atoms with Gasteiger partial charge in [-0.2, -0.15) is 5.10 Å². The molecule has 24 heavy (non-hydrogen) atoms. The van der Waals surface area contributed by atoms with Gasteiger partial charge < -0.3 is 9.73 Å². The number of carbonyl (C=O) groups excluding carboxylic acids is 1. The maximum atomic E-state index is 13.6. The van der Waals surface area contributed by atoms with E-state index >= 15 is 0 Å². The number of anilines is 1. The van der Waals surface area contributed by atoms with E-state index in [0.29, 0.717) is 11.5 Å². The Labute approximate surface area is 136 Å². The van der Waals surface area contributed by atoms with Crippen LogP contribution >= 0.6 is 0 Å². The van der Waals surface area contributed by atoms with E-state index in [1.165, 1.54) is 43.5 Å². The molecule has 0 fully saturated rings. The van der Waals surface area contributed by atoms with Gasteiger partial charge in [-0.25, -0.2) is 9.07 Å². The van der Waals surface area contributed by atoms with E-state index in [1.807, 2.05) is 0 Å². The van der Waals surface area contributed by atoms with Gasteiger partial charge in [0.1, 0.15) is 17.6 Å². The predicted molar refractivity (Wildman–Crippen MR) is 85.9 cm³/mol. The van der Waals surface area contributed by atoms with Gasteiger partial charge in [-0.15, -0.1) is 0 Å². The zero-order valence-electron chi connectivity index (χ0n) is 12.8. The van der Waals surface area contributed by atoms with Crippen LogP contribution in [0, 0.1) is 5.82 Å². The molecule has 1 unspecified atom stereocenters. The third-order valence-electron chi connectivity index (χ3n) is 3.48. The fraction of sp³-hybridized carbons (Fsp3) is 0.118. The van der Waals surface area contributed by atoms with E-state index in [2.05, 4.69) is 10.4 Å². The van der Waals surface area contributed by atoms with Crippen molar-refractivity contribution in [1.82, 2.24) is 9.78 Å². The first-order valence-electron chi connectivity index (χ1n) is 7.25. The highest BCUT2D eigenvalue weighted by molar-refractivity contribution is 5.93. The predicted octanol–water partition coefficient (Wildman–Crippen LogP) is 2.84. The summed E-state index contributed by atoms with van der Waals surface area (Å²) in [5.74, 6) is -0.626. The number of furan rings is 1. The number of rotatable bonds is 4. The van der Waals surface area contributed by atoms with Gasteiger partial charge in [-0.3, -0.25) is 9.59 Å². The highest BCUT2D eigenvalue weighted by Gasteiger charge is 2.19. The minimum absolute atomic E-state index is 0.0459. The summed E-state index contributed by atoms with van der Waals surface area (Å²) in [7, 11) is 0. The van der Waals surface area contributed by atoms with Crippen LogP contribution in [0.2, 0.25) is 0 Å². The standard InChI is InChI=1S/C17H14FN3O3/c1-11(17(23)19-13-6-3-2-5-12(13)18)21-16(22)9-8-14(20-21)15-7-4-10-24-15/h2-11H,1H3,(H,19,23). The Hall–Kier alpha value is -3.22. The largest absolute Gasteiger partial charge is 0.463 e. The van der Waals surface area contributed by atoms with Crippen LogP contribution in [-0.4, -0.2) is 15.7 Å². The molecule has 122 valence electrons. The van der Waals surface area contributed by atoms with Crippen LogP contribution in [0.25, 0.3) is 11.5 Å². The summed E-state index contributed by atoms with van der Waals surface area (Å²) in [6, 6.07) is 11.1. The zero-order valence-corrected chi connectivity index (χ0v) is 12.8. The Bertz CT molecular complexity index is 919. The van der Waals surface area contributed by atoms with Gasteiger partial charge >= 0.3 is 0 Å². The van der Waals surface area contributed by atoms with Gasteiger partial charge in [0, 0.05) is 6.07 Å². The molecule has 3 aromatic rings. The van der Waals surface area contributed by atoms with Gasteiger partial charge in [0.25, 0.3) is 5.56 Å². The van der Waals surface area contributed by atoms with Gasteiger partial charge in [-0.1, -0.05) is 12.1 Å². The summed E-state index contributed by atoms with van der Waals surface area (Å²) in [5.41, 5.74) is 0.0243. The van der Waals surface area contributed by atoms with Crippen LogP contribution in [-0.2, 0) is 4.79 Å². The number of aromatic nitrogens is 2. The number of para-hydroxylation sites is 1. The Morgan fingerprint density at radius 3 is 2.71 bits per heavy atom. The summed E-state index contributed by atoms with van der Waals surface area (Å²) in [5, 5.41) is 6.61. The maximum Gasteiger partial charge on any atom is 0.267 e. The molecule has 0 spiro atoms. The van der Waals surface area contributed by atoms with Crippen molar-refractivity contribution in [1.29, 1.82) is 0 Å². The van der Waals surface area contributed by atoms with Crippen LogP contribution in [0.3, 0.4) is 0 Å². The lowest BCUT2D eigenvalue weighted by molar-refractivity contribution is -0.119. The van der Waals surface area contributed by atoms with E-state index in [1.54, 1.807) is 18.2 Å². The summed E-state index contributed by atoms with van der Waals surface area (Å²) in [6.45, 7) is 1.51. The smallest absolute Gasteiger partial charge is 0.267 e. The minimum Gasteiger partial charge on any atom is -0.463 e. The lowest BCUT2D eigenvalue weighted by atomic mass is 10.2. The van der Waals surface area contributed by atoms with Crippen LogP contribution in [0.15, 0.2) is 64.0 Å². The van der Waals surface area contributed by atoms with Crippen LogP contribution in [0.4, 0.5) is 10.1 Å². The van der Waals surface area contributed by atoms with Crippen LogP contribution in [0.1, 0.15) is 13.0 Å². The lowest BCUT2D eigenvalue weighted by Gasteiger charge is -2.14. The Balaban J connectivity index is 1.88. The molecule has 0 aliphatic rings. The number of benzene rings is 1. The van der Waals surface area contributed by atoms with Crippen molar-refractivity contribution in [3.8, 4) is 11.5 Å². The second kappa shape index (κ2) is 6.49. The second-order valence-corrected chi connectivity index (χ2v) is 5.12. The van der Waals surface area contributed by atoms with Crippen molar-refractivity contribution in [2.45, 2.75) is 13.0 Å². The molecular weight excluding hydrogens is 313 g/mol. The Morgan fingerprint density at radius 1 is 1.21 bits per heavy atom. The molecule has 6 nitrogen and oxygen atoms in total. The number of hydrogen-bond donors (Lipinski definition) is 1. The molecule has 1 N–H and O–H groups in total. The summed E-state index contributed by atoms with van der Waals surface area (Å²) in [4.78, 5) is 24.3. The molecule has 0 radical (unpaired) electrons. The summed E-state index contributed by atoms with van der Waals surface area (Å²) < 4.78 is 19.9. The first-order valence-corrected chi connectivity index (χ1v) is 7.25. The normalized spacial score (nSPS) is 11.9. The average Bonchev–Trinajstić information content (AvgIpc) is 3.11. The zero-order chi connectivity index (χ0) is 17.1. The molecule has 2 heterocycles. The molecular formula is C17H14FN3O3. The van der Waals surface area contributed by atoms with Crippen molar-refractivity contribution in [3.63, 3.8) is 0 Å². The molecule has 2 aromatic heterocycles. The number of nitrogens with zero attached hydrogens (tertiary/aromatic N) is 2. The molecule has 0 saturated heterocycles. The highest BCUT2D eigenvalue weighted by Crippen LogP contribution is 2.17. The van der Waals surface area contributed by atoms with Crippen LogP contribution in [0.5, 0.6) is 0 Å². The number of amides is 1. The maximum absolute atomic E-state index is 13.6. The van der Waals surface area contributed by atoms with Crippen molar-refractivity contribution >= 4 is 11.6 Å². The van der Waals surface area contributed by atoms with E-state index in [-0.39, 0.29) is 5.69 Å². The molecule has 1 amide bonds.